The maximum Gasteiger partial charge on any atom is 0.223 e. The van der Waals surface area contributed by atoms with Crippen LogP contribution in [0.2, 0.25) is 0 Å². The first-order chi connectivity index (χ1) is 11.2. The van der Waals surface area contributed by atoms with Crippen LogP contribution in [0.5, 0.6) is 0 Å². The fourth-order valence-corrected chi connectivity index (χ4v) is 4.36. The van der Waals surface area contributed by atoms with E-state index < -0.39 is 0 Å². The second kappa shape index (κ2) is 8.87. The number of benzene rings is 1. The van der Waals surface area contributed by atoms with Crippen LogP contribution in [0, 0.1) is 11.3 Å². The van der Waals surface area contributed by atoms with Gasteiger partial charge in [-0.1, -0.05) is 49.6 Å². The highest BCUT2D eigenvalue weighted by molar-refractivity contribution is 5.85. The molecule has 1 aliphatic heterocycles. The van der Waals surface area contributed by atoms with Gasteiger partial charge in [-0.3, -0.25) is 4.79 Å². The third-order valence-electron chi connectivity index (χ3n) is 5.88. The number of hydrogen-bond donors (Lipinski definition) is 1. The standard InChI is InChI=1S/C20H30N2O.ClH/c21-16-20(10-5-2-6-11-20)14-19(23)22-12-9-18(15-22)13-17-7-3-1-4-8-17;/h1,3-4,7-8,18H,2,5-6,9-16,21H2;1H. The van der Waals surface area contributed by atoms with Crippen molar-refractivity contribution in [1.29, 1.82) is 0 Å². The maximum atomic E-state index is 12.7. The molecule has 3 rings (SSSR count). The van der Waals surface area contributed by atoms with E-state index in [1.807, 2.05) is 0 Å². The normalized spacial score (nSPS) is 22.9. The molecule has 1 heterocycles. The quantitative estimate of drug-likeness (QED) is 0.877. The van der Waals surface area contributed by atoms with Gasteiger partial charge in [-0.15, -0.1) is 12.4 Å². The van der Waals surface area contributed by atoms with Gasteiger partial charge in [0.05, 0.1) is 0 Å². The highest BCUT2D eigenvalue weighted by Gasteiger charge is 2.36. The predicted octanol–water partition coefficient (Wildman–Crippen LogP) is 3.80. The Kier molecular flexibility index (Phi) is 7.12. The number of nitrogens with two attached hydrogens (primary N) is 1. The van der Waals surface area contributed by atoms with Gasteiger partial charge in [0.15, 0.2) is 0 Å². The van der Waals surface area contributed by atoms with E-state index in [2.05, 4.69) is 35.2 Å². The molecular weight excluding hydrogens is 320 g/mol. The summed E-state index contributed by atoms with van der Waals surface area (Å²) in [5.74, 6) is 0.953. The van der Waals surface area contributed by atoms with E-state index in [0.29, 0.717) is 24.8 Å². The average Bonchev–Trinajstić information content (AvgIpc) is 3.05. The first kappa shape index (κ1) is 19.3. The Labute approximate surface area is 152 Å². The molecule has 0 spiro atoms. The molecule has 0 aromatic heterocycles. The summed E-state index contributed by atoms with van der Waals surface area (Å²) in [6.45, 7) is 2.52. The molecule has 134 valence electrons. The lowest BCUT2D eigenvalue weighted by Crippen LogP contribution is -2.40. The fourth-order valence-electron chi connectivity index (χ4n) is 4.36. The van der Waals surface area contributed by atoms with Crippen LogP contribution in [-0.2, 0) is 11.2 Å². The molecule has 1 aromatic rings. The van der Waals surface area contributed by atoms with Crippen LogP contribution in [0.15, 0.2) is 30.3 Å². The summed E-state index contributed by atoms with van der Waals surface area (Å²) in [6, 6.07) is 10.6. The van der Waals surface area contributed by atoms with Crippen molar-refractivity contribution in [3.8, 4) is 0 Å². The van der Waals surface area contributed by atoms with Crippen LogP contribution in [0.25, 0.3) is 0 Å². The number of likely N-dealkylation sites (tertiary alicyclic amines) is 1. The third kappa shape index (κ3) is 4.73. The molecule has 2 N–H and O–H groups in total. The van der Waals surface area contributed by atoms with Crippen LogP contribution in [-0.4, -0.2) is 30.4 Å². The lowest BCUT2D eigenvalue weighted by molar-refractivity contribution is -0.133. The molecule has 1 atom stereocenters. The minimum atomic E-state index is 0. The zero-order chi connectivity index (χ0) is 16.1. The highest BCUT2D eigenvalue weighted by Crippen LogP contribution is 2.39. The van der Waals surface area contributed by atoms with Gasteiger partial charge < -0.3 is 10.6 Å². The molecule has 1 saturated carbocycles. The number of hydrogen-bond acceptors (Lipinski definition) is 2. The molecule has 0 radical (unpaired) electrons. The topological polar surface area (TPSA) is 46.3 Å². The van der Waals surface area contributed by atoms with E-state index in [1.54, 1.807) is 0 Å². The monoisotopic (exact) mass is 350 g/mol. The number of nitrogens with zero attached hydrogens (tertiary/aromatic N) is 1. The molecule has 3 nitrogen and oxygen atoms in total. The van der Waals surface area contributed by atoms with Crippen LogP contribution in [0.1, 0.15) is 50.5 Å². The minimum absolute atomic E-state index is 0. The highest BCUT2D eigenvalue weighted by atomic mass is 35.5. The summed E-state index contributed by atoms with van der Waals surface area (Å²) in [5.41, 5.74) is 7.52. The summed E-state index contributed by atoms with van der Waals surface area (Å²) in [7, 11) is 0. The average molecular weight is 351 g/mol. The molecular formula is C20H31ClN2O. The smallest absolute Gasteiger partial charge is 0.223 e. The Morgan fingerprint density at radius 2 is 1.88 bits per heavy atom. The molecule has 1 aliphatic carbocycles. The molecule has 1 amide bonds. The van der Waals surface area contributed by atoms with Gasteiger partial charge in [0.1, 0.15) is 0 Å². The second-order valence-electron chi connectivity index (χ2n) is 7.63. The number of amides is 1. The van der Waals surface area contributed by atoms with E-state index in [4.69, 9.17) is 5.73 Å². The number of rotatable bonds is 5. The molecule has 24 heavy (non-hydrogen) atoms. The molecule has 0 bridgehead atoms. The minimum Gasteiger partial charge on any atom is -0.342 e. The Bertz CT molecular complexity index is 514. The van der Waals surface area contributed by atoms with Crippen molar-refractivity contribution in [2.24, 2.45) is 17.1 Å². The zero-order valence-electron chi connectivity index (χ0n) is 14.6. The van der Waals surface area contributed by atoms with Gasteiger partial charge in [0.2, 0.25) is 5.91 Å². The number of carbonyl (C=O) groups excluding carboxylic acids is 1. The molecule has 1 unspecified atom stereocenters. The van der Waals surface area contributed by atoms with Crippen LogP contribution in [0.4, 0.5) is 0 Å². The van der Waals surface area contributed by atoms with Crippen LogP contribution < -0.4 is 5.73 Å². The summed E-state index contributed by atoms with van der Waals surface area (Å²) in [6.07, 6.45) is 8.94. The maximum absolute atomic E-state index is 12.7. The van der Waals surface area contributed by atoms with Crippen molar-refractivity contribution in [2.75, 3.05) is 19.6 Å². The van der Waals surface area contributed by atoms with Crippen molar-refractivity contribution in [2.45, 2.75) is 51.4 Å². The second-order valence-corrected chi connectivity index (χ2v) is 7.63. The number of halogens is 1. The van der Waals surface area contributed by atoms with Gasteiger partial charge in [-0.25, -0.2) is 0 Å². The lowest BCUT2D eigenvalue weighted by atomic mass is 9.71. The van der Waals surface area contributed by atoms with E-state index in [-0.39, 0.29) is 17.8 Å². The first-order valence-corrected chi connectivity index (χ1v) is 9.23. The molecule has 2 aliphatic rings. The Hall–Kier alpha value is -1.06. The largest absolute Gasteiger partial charge is 0.342 e. The van der Waals surface area contributed by atoms with Gasteiger partial charge in [-0.2, -0.15) is 0 Å². The van der Waals surface area contributed by atoms with Crippen molar-refractivity contribution < 1.29 is 4.79 Å². The van der Waals surface area contributed by atoms with E-state index in [1.165, 1.54) is 24.8 Å². The van der Waals surface area contributed by atoms with Crippen molar-refractivity contribution in [3.05, 3.63) is 35.9 Å². The molecule has 2 fully saturated rings. The van der Waals surface area contributed by atoms with Gasteiger partial charge in [0.25, 0.3) is 0 Å². The van der Waals surface area contributed by atoms with E-state index in [9.17, 15) is 4.79 Å². The summed E-state index contributed by atoms with van der Waals surface area (Å²) < 4.78 is 0. The number of carbonyl (C=O) groups is 1. The summed E-state index contributed by atoms with van der Waals surface area (Å²) in [5, 5.41) is 0. The van der Waals surface area contributed by atoms with Crippen LogP contribution in [0.3, 0.4) is 0 Å². The third-order valence-corrected chi connectivity index (χ3v) is 5.88. The van der Waals surface area contributed by atoms with E-state index in [0.717, 1.165) is 38.8 Å². The summed E-state index contributed by atoms with van der Waals surface area (Å²) in [4.78, 5) is 14.8. The Morgan fingerprint density at radius 1 is 1.17 bits per heavy atom. The van der Waals surface area contributed by atoms with Gasteiger partial charge >= 0.3 is 0 Å². The SMILES string of the molecule is Cl.NCC1(CC(=O)N2CCC(Cc3ccccc3)C2)CCCCC1. The Balaban J connectivity index is 0.00000208. The first-order valence-electron chi connectivity index (χ1n) is 9.23. The molecule has 1 aromatic carbocycles. The molecule has 1 saturated heterocycles. The van der Waals surface area contributed by atoms with E-state index >= 15 is 0 Å². The lowest BCUT2D eigenvalue weighted by Gasteiger charge is -2.36. The van der Waals surface area contributed by atoms with Crippen molar-refractivity contribution in [3.63, 3.8) is 0 Å². The van der Waals surface area contributed by atoms with Crippen molar-refractivity contribution >= 4 is 18.3 Å². The molecule has 4 heteroatoms. The van der Waals surface area contributed by atoms with Crippen LogP contribution >= 0.6 is 12.4 Å². The fraction of sp³-hybridized carbons (Fsp3) is 0.650. The van der Waals surface area contributed by atoms with Gasteiger partial charge in [0, 0.05) is 19.5 Å². The predicted molar refractivity (Wildman–Crippen MR) is 101 cm³/mol. The van der Waals surface area contributed by atoms with Crippen molar-refractivity contribution in [1.82, 2.24) is 4.90 Å². The Morgan fingerprint density at radius 3 is 2.54 bits per heavy atom. The zero-order valence-corrected chi connectivity index (χ0v) is 15.4. The van der Waals surface area contributed by atoms with Gasteiger partial charge in [-0.05, 0) is 49.1 Å². The summed E-state index contributed by atoms with van der Waals surface area (Å²) >= 11 is 0.